The average molecular weight is 331 g/mol. The quantitative estimate of drug-likeness (QED) is 0.906. The van der Waals surface area contributed by atoms with Crippen molar-refractivity contribution >= 4 is 6.03 Å². The molecule has 0 aromatic carbocycles. The summed E-state index contributed by atoms with van der Waals surface area (Å²) in [6, 6.07) is 0.823. The van der Waals surface area contributed by atoms with Crippen molar-refractivity contribution in [1.29, 1.82) is 0 Å². The molecule has 1 aromatic rings. The predicted molar refractivity (Wildman–Crippen MR) is 91.4 cm³/mol. The van der Waals surface area contributed by atoms with E-state index in [-0.39, 0.29) is 11.4 Å². The molecule has 6 heteroatoms. The molecule has 24 heavy (non-hydrogen) atoms. The van der Waals surface area contributed by atoms with Crippen LogP contribution in [0.15, 0.2) is 12.7 Å². The van der Waals surface area contributed by atoms with Crippen LogP contribution in [0, 0.1) is 16.7 Å². The van der Waals surface area contributed by atoms with Crippen LogP contribution in [0.3, 0.4) is 0 Å². The third-order valence-electron chi connectivity index (χ3n) is 7.65. The van der Waals surface area contributed by atoms with Crippen molar-refractivity contribution in [3.63, 3.8) is 0 Å². The van der Waals surface area contributed by atoms with Crippen LogP contribution < -0.4 is 5.32 Å². The van der Waals surface area contributed by atoms with Crippen LogP contribution in [0.1, 0.15) is 58.9 Å². The zero-order chi connectivity index (χ0) is 16.9. The van der Waals surface area contributed by atoms with Crippen LogP contribution in [-0.2, 0) is 0 Å². The van der Waals surface area contributed by atoms with E-state index in [1.54, 1.807) is 12.7 Å². The molecule has 2 saturated carbocycles. The Morgan fingerprint density at radius 3 is 2.50 bits per heavy atom. The van der Waals surface area contributed by atoms with E-state index in [1.165, 1.54) is 12.8 Å². The molecule has 1 aliphatic heterocycles. The minimum atomic E-state index is 0.126. The van der Waals surface area contributed by atoms with Crippen LogP contribution in [0.4, 0.5) is 4.79 Å². The van der Waals surface area contributed by atoms with Crippen LogP contribution in [0.25, 0.3) is 0 Å². The standard InChI is InChI=1S/C18H29N5O/c1-17(2)13-4-7-18(17,3)15(10-13)21-16(24)22-8-5-14(6-9-22)23-12-19-11-20-23/h11-15H,4-10H2,1-3H3,(H,21,24)/t13-,15+,18-/m0/s1. The lowest BCUT2D eigenvalue weighted by atomic mass is 9.69. The Labute approximate surface area is 144 Å². The number of nitrogens with one attached hydrogen (secondary N) is 1. The van der Waals surface area contributed by atoms with Gasteiger partial charge in [-0.25, -0.2) is 14.5 Å². The number of carbonyl (C=O) groups excluding carboxylic acids is 1. The van der Waals surface area contributed by atoms with E-state index in [4.69, 9.17) is 0 Å². The third kappa shape index (κ3) is 2.25. The predicted octanol–water partition coefficient (Wildman–Crippen LogP) is 2.84. The van der Waals surface area contributed by atoms with Gasteiger partial charge in [-0.3, -0.25) is 0 Å². The number of hydrogen-bond donors (Lipinski definition) is 1. The second-order valence-electron chi connectivity index (χ2n) is 8.71. The number of nitrogens with zero attached hydrogens (tertiary/aromatic N) is 4. The molecule has 0 radical (unpaired) electrons. The molecule has 3 fully saturated rings. The Bertz CT molecular complexity index is 605. The summed E-state index contributed by atoms with van der Waals surface area (Å²) in [6.07, 6.45) is 8.96. The first-order chi connectivity index (χ1) is 11.4. The first-order valence-corrected chi connectivity index (χ1v) is 9.31. The maximum Gasteiger partial charge on any atom is 0.317 e. The smallest absolute Gasteiger partial charge is 0.317 e. The number of hydrogen-bond acceptors (Lipinski definition) is 3. The van der Waals surface area contributed by atoms with Gasteiger partial charge >= 0.3 is 6.03 Å². The van der Waals surface area contributed by atoms with Crippen molar-refractivity contribution in [2.45, 2.75) is 65.0 Å². The second-order valence-corrected chi connectivity index (χ2v) is 8.71. The molecule has 2 heterocycles. The summed E-state index contributed by atoms with van der Waals surface area (Å²) < 4.78 is 1.93. The summed E-state index contributed by atoms with van der Waals surface area (Å²) in [5.74, 6) is 0.755. The van der Waals surface area contributed by atoms with E-state index in [2.05, 4.69) is 36.2 Å². The van der Waals surface area contributed by atoms with E-state index < -0.39 is 0 Å². The van der Waals surface area contributed by atoms with Crippen molar-refractivity contribution in [1.82, 2.24) is 25.0 Å². The van der Waals surface area contributed by atoms with Gasteiger partial charge in [0.25, 0.3) is 0 Å². The SMILES string of the molecule is CC1(C)[C@H]2CC[C@@]1(C)[C@H](NC(=O)N1CCC(n3cncn3)CC1)C2. The highest BCUT2D eigenvalue weighted by molar-refractivity contribution is 5.74. The van der Waals surface area contributed by atoms with Crippen LogP contribution >= 0.6 is 0 Å². The highest BCUT2D eigenvalue weighted by atomic mass is 16.2. The molecule has 1 N–H and O–H groups in total. The van der Waals surface area contributed by atoms with Crippen LogP contribution in [0.2, 0.25) is 0 Å². The summed E-state index contributed by atoms with van der Waals surface area (Å²) in [6.45, 7) is 8.75. The topological polar surface area (TPSA) is 63.1 Å². The van der Waals surface area contributed by atoms with Gasteiger partial charge in [0.15, 0.2) is 0 Å². The Morgan fingerprint density at radius 2 is 1.96 bits per heavy atom. The van der Waals surface area contributed by atoms with Gasteiger partial charge in [0.2, 0.25) is 0 Å². The van der Waals surface area contributed by atoms with E-state index in [0.717, 1.165) is 38.3 Å². The minimum absolute atomic E-state index is 0.126. The number of fused-ring (bicyclic) bond motifs is 2. The third-order valence-corrected chi connectivity index (χ3v) is 7.65. The minimum Gasteiger partial charge on any atom is -0.335 e. The molecule has 0 unspecified atom stereocenters. The van der Waals surface area contributed by atoms with Crippen molar-refractivity contribution in [2.75, 3.05) is 13.1 Å². The number of aromatic nitrogens is 3. The molecule has 1 saturated heterocycles. The second kappa shape index (κ2) is 5.46. The highest BCUT2D eigenvalue weighted by Gasteiger charge is 2.61. The summed E-state index contributed by atoms with van der Waals surface area (Å²) in [7, 11) is 0. The largest absolute Gasteiger partial charge is 0.335 e. The van der Waals surface area contributed by atoms with Gasteiger partial charge in [0.1, 0.15) is 12.7 Å². The van der Waals surface area contributed by atoms with Crippen LogP contribution in [-0.4, -0.2) is 44.8 Å². The van der Waals surface area contributed by atoms with Crippen molar-refractivity contribution in [3.8, 4) is 0 Å². The van der Waals surface area contributed by atoms with Gasteiger partial charge in [-0.15, -0.1) is 0 Å². The number of urea groups is 1. The number of carbonyl (C=O) groups is 1. The monoisotopic (exact) mass is 331 g/mol. The molecule has 1 aromatic heterocycles. The molecular weight excluding hydrogens is 302 g/mol. The normalized spacial score (nSPS) is 35.4. The lowest BCUT2D eigenvalue weighted by Gasteiger charge is -2.41. The molecule has 4 rings (SSSR count). The summed E-state index contributed by atoms with van der Waals surface area (Å²) in [5, 5.41) is 7.61. The number of piperidine rings is 1. The molecule has 2 amide bonds. The van der Waals surface area contributed by atoms with E-state index >= 15 is 0 Å². The van der Waals surface area contributed by atoms with Gasteiger partial charge in [-0.1, -0.05) is 20.8 Å². The summed E-state index contributed by atoms with van der Waals surface area (Å²) >= 11 is 0. The van der Waals surface area contributed by atoms with Gasteiger partial charge in [0, 0.05) is 19.1 Å². The average Bonchev–Trinajstić information content (AvgIpc) is 3.22. The first kappa shape index (κ1) is 15.9. The fourth-order valence-corrected chi connectivity index (χ4v) is 5.40. The molecule has 3 atom stereocenters. The van der Waals surface area contributed by atoms with E-state index in [1.807, 2.05) is 9.58 Å². The lowest BCUT2D eigenvalue weighted by Crippen LogP contribution is -2.52. The summed E-state index contributed by atoms with van der Waals surface area (Å²) in [5.41, 5.74) is 0.581. The Morgan fingerprint density at radius 1 is 1.21 bits per heavy atom. The number of amides is 2. The number of likely N-dealkylation sites (tertiary alicyclic amines) is 1. The zero-order valence-electron chi connectivity index (χ0n) is 15.0. The van der Waals surface area contributed by atoms with E-state index in [0.29, 0.717) is 17.5 Å². The van der Waals surface area contributed by atoms with Crippen molar-refractivity contribution in [3.05, 3.63) is 12.7 Å². The molecule has 2 bridgehead atoms. The molecule has 6 nitrogen and oxygen atoms in total. The summed E-state index contributed by atoms with van der Waals surface area (Å²) in [4.78, 5) is 18.8. The van der Waals surface area contributed by atoms with Gasteiger partial charge < -0.3 is 10.2 Å². The maximum absolute atomic E-state index is 12.8. The number of rotatable bonds is 2. The zero-order valence-corrected chi connectivity index (χ0v) is 15.0. The maximum atomic E-state index is 12.8. The Balaban J connectivity index is 1.35. The van der Waals surface area contributed by atoms with E-state index in [9.17, 15) is 4.79 Å². The van der Waals surface area contributed by atoms with Crippen molar-refractivity contribution < 1.29 is 4.79 Å². The highest BCUT2D eigenvalue weighted by Crippen LogP contribution is 2.65. The molecule has 3 aliphatic rings. The fourth-order valence-electron chi connectivity index (χ4n) is 5.40. The van der Waals surface area contributed by atoms with Gasteiger partial charge in [-0.05, 0) is 48.9 Å². The fraction of sp³-hybridized carbons (Fsp3) is 0.833. The lowest BCUT2D eigenvalue weighted by molar-refractivity contribution is 0.113. The molecule has 132 valence electrons. The molecule has 2 aliphatic carbocycles. The van der Waals surface area contributed by atoms with Gasteiger partial charge in [-0.2, -0.15) is 5.10 Å². The van der Waals surface area contributed by atoms with Gasteiger partial charge in [0.05, 0.1) is 6.04 Å². The van der Waals surface area contributed by atoms with Crippen molar-refractivity contribution in [2.24, 2.45) is 16.7 Å². The Kier molecular flexibility index (Phi) is 3.62. The molecular formula is C18H29N5O. The molecule has 0 spiro atoms. The Hall–Kier alpha value is -1.59. The first-order valence-electron chi connectivity index (χ1n) is 9.31. The van der Waals surface area contributed by atoms with Crippen LogP contribution in [0.5, 0.6) is 0 Å².